The second kappa shape index (κ2) is 5.66. The van der Waals surface area contributed by atoms with Crippen LogP contribution in [0.4, 0.5) is 0 Å². The van der Waals surface area contributed by atoms with Crippen molar-refractivity contribution in [2.45, 2.75) is 32.7 Å². The summed E-state index contributed by atoms with van der Waals surface area (Å²) in [5, 5.41) is 0. The Hall–Kier alpha value is -0.580. The standard InChI is InChI=1S/C11H17ClN2OS/c1-6(4-10(14)15)3-8(13)9-5-7(2)11(12)16-9/h5-6,8H,3-4,13H2,1-2H3,(H2,14,15). The van der Waals surface area contributed by atoms with Crippen molar-refractivity contribution in [2.24, 2.45) is 17.4 Å². The number of thiophene rings is 1. The molecule has 2 unspecified atom stereocenters. The summed E-state index contributed by atoms with van der Waals surface area (Å²) >= 11 is 7.49. The number of carbonyl (C=O) groups excluding carboxylic acids is 1. The van der Waals surface area contributed by atoms with Crippen molar-refractivity contribution in [1.29, 1.82) is 0 Å². The van der Waals surface area contributed by atoms with E-state index < -0.39 is 0 Å². The minimum atomic E-state index is -0.278. The van der Waals surface area contributed by atoms with E-state index in [-0.39, 0.29) is 17.9 Å². The average molecular weight is 261 g/mol. The van der Waals surface area contributed by atoms with E-state index in [2.05, 4.69) is 0 Å². The Kier molecular flexibility index (Phi) is 4.77. The van der Waals surface area contributed by atoms with E-state index in [0.29, 0.717) is 6.42 Å². The van der Waals surface area contributed by atoms with Gasteiger partial charge in [0.05, 0.1) is 4.34 Å². The van der Waals surface area contributed by atoms with E-state index in [1.165, 1.54) is 11.3 Å². The fourth-order valence-corrected chi connectivity index (χ4v) is 2.87. The molecule has 16 heavy (non-hydrogen) atoms. The zero-order chi connectivity index (χ0) is 12.3. The van der Waals surface area contributed by atoms with E-state index in [0.717, 1.165) is 21.2 Å². The molecule has 0 radical (unpaired) electrons. The third-order valence-corrected chi connectivity index (χ3v) is 4.13. The second-order valence-electron chi connectivity index (χ2n) is 4.22. The zero-order valence-electron chi connectivity index (χ0n) is 9.50. The Morgan fingerprint density at radius 2 is 2.25 bits per heavy atom. The number of amides is 1. The Labute approximate surface area is 105 Å². The molecule has 0 aromatic carbocycles. The third kappa shape index (κ3) is 3.77. The second-order valence-corrected chi connectivity index (χ2v) is 5.91. The summed E-state index contributed by atoms with van der Waals surface area (Å²) in [6.07, 6.45) is 1.13. The highest BCUT2D eigenvalue weighted by molar-refractivity contribution is 7.16. The fraction of sp³-hybridized carbons (Fsp3) is 0.545. The van der Waals surface area contributed by atoms with Gasteiger partial charge in [0.25, 0.3) is 0 Å². The molecule has 1 rings (SSSR count). The van der Waals surface area contributed by atoms with Crippen LogP contribution in [0.2, 0.25) is 4.34 Å². The molecule has 0 aliphatic carbocycles. The fourth-order valence-electron chi connectivity index (χ4n) is 1.64. The number of hydrogen-bond donors (Lipinski definition) is 2. The van der Waals surface area contributed by atoms with Crippen molar-refractivity contribution in [3.8, 4) is 0 Å². The molecular formula is C11H17ClN2OS. The number of nitrogens with two attached hydrogens (primary N) is 2. The first-order chi connectivity index (χ1) is 7.40. The minimum absolute atomic E-state index is 0.0643. The van der Waals surface area contributed by atoms with E-state index >= 15 is 0 Å². The lowest BCUT2D eigenvalue weighted by molar-refractivity contribution is -0.118. The SMILES string of the molecule is Cc1cc(C(N)CC(C)CC(N)=O)sc1Cl. The van der Waals surface area contributed by atoms with Crippen LogP contribution in [0.25, 0.3) is 0 Å². The molecule has 0 aliphatic heterocycles. The molecule has 1 aromatic heterocycles. The molecule has 0 fully saturated rings. The lowest BCUT2D eigenvalue weighted by atomic mass is 9.98. The monoisotopic (exact) mass is 260 g/mol. The van der Waals surface area contributed by atoms with Crippen LogP contribution in [0, 0.1) is 12.8 Å². The summed E-state index contributed by atoms with van der Waals surface area (Å²) in [5.74, 6) is -0.0752. The first-order valence-electron chi connectivity index (χ1n) is 5.20. The maximum absolute atomic E-state index is 10.7. The molecular weight excluding hydrogens is 244 g/mol. The van der Waals surface area contributed by atoms with Crippen LogP contribution in [0.5, 0.6) is 0 Å². The van der Waals surface area contributed by atoms with E-state index in [1.807, 2.05) is 19.9 Å². The van der Waals surface area contributed by atoms with Gasteiger partial charge in [-0.15, -0.1) is 11.3 Å². The van der Waals surface area contributed by atoms with Crippen LogP contribution in [0.15, 0.2) is 6.07 Å². The lowest BCUT2D eigenvalue weighted by Crippen LogP contribution is -2.19. The van der Waals surface area contributed by atoms with Crippen molar-refractivity contribution in [2.75, 3.05) is 0 Å². The topological polar surface area (TPSA) is 69.1 Å². The maximum Gasteiger partial charge on any atom is 0.217 e. The smallest absolute Gasteiger partial charge is 0.217 e. The van der Waals surface area contributed by atoms with Crippen molar-refractivity contribution in [3.63, 3.8) is 0 Å². The molecule has 1 amide bonds. The molecule has 90 valence electrons. The number of primary amides is 1. The van der Waals surface area contributed by atoms with Gasteiger partial charge in [-0.25, -0.2) is 0 Å². The molecule has 0 saturated carbocycles. The molecule has 0 spiro atoms. The minimum Gasteiger partial charge on any atom is -0.370 e. The quantitative estimate of drug-likeness (QED) is 0.854. The molecule has 1 heterocycles. The Bertz CT molecular complexity index is 359. The van der Waals surface area contributed by atoms with Crippen LogP contribution in [-0.2, 0) is 4.79 Å². The van der Waals surface area contributed by atoms with Gasteiger partial charge < -0.3 is 11.5 Å². The summed E-state index contributed by atoms with van der Waals surface area (Å²) in [4.78, 5) is 11.8. The molecule has 2 atom stereocenters. The molecule has 0 aliphatic rings. The number of carbonyl (C=O) groups is 1. The molecule has 5 heteroatoms. The molecule has 3 nitrogen and oxygen atoms in total. The van der Waals surface area contributed by atoms with Gasteiger partial charge in [0, 0.05) is 17.3 Å². The number of rotatable bonds is 5. The molecule has 0 saturated heterocycles. The highest BCUT2D eigenvalue weighted by Gasteiger charge is 2.15. The summed E-state index contributed by atoms with van der Waals surface area (Å²) in [6, 6.07) is 1.94. The summed E-state index contributed by atoms with van der Waals surface area (Å²) < 4.78 is 0.785. The van der Waals surface area contributed by atoms with Gasteiger partial charge in [0.2, 0.25) is 5.91 Å². The highest BCUT2D eigenvalue weighted by Crippen LogP contribution is 2.32. The van der Waals surface area contributed by atoms with Gasteiger partial charge in [-0.05, 0) is 30.9 Å². The van der Waals surface area contributed by atoms with Crippen molar-refractivity contribution < 1.29 is 4.79 Å². The first kappa shape index (κ1) is 13.5. The van der Waals surface area contributed by atoms with Crippen molar-refractivity contribution in [1.82, 2.24) is 0 Å². The number of halogens is 1. The predicted octanol–water partition coefficient (Wildman–Crippen LogP) is 2.61. The largest absolute Gasteiger partial charge is 0.370 e. The van der Waals surface area contributed by atoms with E-state index in [1.54, 1.807) is 0 Å². The van der Waals surface area contributed by atoms with Gasteiger partial charge in [-0.1, -0.05) is 18.5 Å². The molecule has 0 bridgehead atoms. The Morgan fingerprint density at radius 1 is 1.62 bits per heavy atom. The Balaban J connectivity index is 2.58. The number of aryl methyl sites for hydroxylation is 1. The average Bonchev–Trinajstić information content (AvgIpc) is 2.45. The van der Waals surface area contributed by atoms with Gasteiger partial charge in [-0.3, -0.25) is 4.79 Å². The van der Waals surface area contributed by atoms with Gasteiger partial charge in [0.15, 0.2) is 0 Å². The molecule has 1 aromatic rings. The van der Waals surface area contributed by atoms with Gasteiger partial charge >= 0.3 is 0 Å². The van der Waals surface area contributed by atoms with Gasteiger partial charge in [-0.2, -0.15) is 0 Å². The van der Waals surface area contributed by atoms with Crippen LogP contribution >= 0.6 is 22.9 Å². The van der Waals surface area contributed by atoms with Crippen LogP contribution in [-0.4, -0.2) is 5.91 Å². The highest BCUT2D eigenvalue weighted by atomic mass is 35.5. The summed E-state index contributed by atoms with van der Waals surface area (Å²) in [6.45, 7) is 3.94. The Morgan fingerprint density at radius 3 is 2.69 bits per heavy atom. The van der Waals surface area contributed by atoms with E-state index in [4.69, 9.17) is 23.1 Å². The van der Waals surface area contributed by atoms with Crippen molar-refractivity contribution >= 4 is 28.8 Å². The maximum atomic E-state index is 10.7. The summed E-state index contributed by atoms with van der Waals surface area (Å²) in [7, 11) is 0. The third-order valence-electron chi connectivity index (χ3n) is 2.45. The van der Waals surface area contributed by atoms with Crippen LogP contribution in [0.1, 0.15) is 36.2 Å². The van der Waals surface area contributed by atoms with Crippen LogP contribution in [0.3, 0.4) is 0 Å². The van der Waals surface area contributed by atoms with Crippen molar-refractivity contribution in [3.05, 3.63) is 20.8 Å². The number of hydrogen-bond acceptors (Lipinski definition) is 3. The lowest BCUT2D eigenvalue weighted by Gasteiger charge is -2.14. The normalized spacial score (nSPS) is 14.8. The summed E-state index contributed by atoms with van der Waals surface area (Å²) in [5.41, 5.74) is 12.2. The van der Waals surface area contributed by atoms with Gasteiger partial charge in [0.1, 0.15) is 0 Å². The zero-order valence-corrected chi connectivity index (χ0v) is 11.1. The van der Waals surface area contributed by atoms with Crippen LogP contribution < -0.4 is 11.5 Å². The van der Waals surface area contributed by atoms with E-state index in [9.17, 15) is 4.79 Å². The molecule has 4 N–H and O–H groups in total. The predicted molar refractivity (Wildman–Crippen MR) is 68.6 cm³/mol. The first-order valence-corrected chi connectivity index (χ1v) is 6.39.